The van der Waals surface area contributed by atoms with Crippen LogP contribution in [0, 0.1) is 11.3 Å². The maximum atomic E-state index is 13.1. The molecule has 1 rings (SSSR count). The molecule has 26 heavy (non-hydrogen) atoms. The number of aromatic nitrogens is 1. The summed E-state index contributed by atoms with van der Waals surface area (Å²) in [5.41, 5.74) is 0.598. The van der Waals surface area contributed by atoms with Crippen molar-refractivity contribution in [3.63, 3.8) is 0 Å². The number of amides is 2. The summed E-state index contributed by atoms with van der Waals surface area (Å²) in [5.74, 6) is 0.413. The summed E-state index contributed by atoms with van der Waals surface area (Å²) in [6.07, 6.45) is 2.82. The van der Waals surface area contributed by atoms with Gasteiger partial charge in [0.25, 0.3) is 0 Å². The van der Waals surface area contributed by atoms with E-state index in [4.69, 9.17) is 0 Å². The van der Waals surface area contributed by atoms with Crippen LogP contribution in [0.2, 0.25) is 0 Å². The Kier molecular flexibility index (Phi) is 7.91. The number of carbonyl (C=O) groups is 2. The average Bonchev–Trinajstić information content (AvgIpc) is 2.94. The number of carbonyl (C=O) groups excluding carboxylic acids is 2. The van der Waals surface area contributed by atoms with Crippen molar-refractivity contribution < 1.29 is 9.59 Å². The number of aryl methyl sites for hydroxylation is 1. The normalized spacial score (nSPS) is 13.0. The van der Waals surface area contributed by atoms with E-state index in [1.807, 2.05) is 69.5 Å². The fourth-order valence-electron chi connectivity index (χ4n) is 2.88. The van der Waals surface area contributed by atoms with Crippen molar-refractivity contribution in [2.45, 2.75) is 67.5 Å². The first-order chi connectivity index (χ1) is 12.0. The molecule has 0 aliphatic heterocycles. The molecule has 0 radical (unpaired) electrons. The van der Waals surface area contributed by atoms with Gasteiger partial charge in [0.05, 0.1) is 6.54 Å². The summed E-state index contributed by atoms with van der Waals surface area (Å²) in [5, 5.41) is 0. The number of nitrogens with zero attached hydrogens (tertiary/aromatic N) is 3. The third-order valence-corrected chi connectivity index (χ3v) is 4.67. The molecular weight excluding hydrogens is 326 g/mol. The summed E-state index contributed by atoms with van der Waals surface area (Å²) in [6.45, 7) is 15.4. The number of hydrogen-bond acceptors (Lipinski definition) is 2. The predicted molar refractivity (Wildman–Crippen MR) is 107 cm³/mol. The van der Waals surface area contributed by atoms with Crippen molar-refractivity contribution in [3.8, 4) is 0 Å². The molecule has 0 saturated heterocycles. The number of rotatable bonds is 8. The topological polar surface area (TPSA) is 45.6 Å². The molecule has 0 bridgehead atoms. The third kappa shape index (κ3) is 6.19. The highest BCUT2D eigenvalue weighted by Crippen LogP contribution is 2.21. The molecule has 5 nitrogen and oxygen atoms in total. The minimum absolute atomic E-state index is 0.0119. The van der Waals surface area contributed by atoms with Gasteiger partial charge in [-0.15, -0.1) is 0 Å². The third-order valence-electron chi connectivity index (χ3n) is 4.67. The van der Waals surface area contributed by atoms with E-state index in [-0.39, 0.29) is 24.4 Å². The van der Waals surface area contributed by atoms with Crippen LogP contribution in [0.4, 0.5) is 0 Å². The van der Waals surface area contributed by atoms with Crippen LogP contribution in [0.5, 0.6) is 0 Å². The minimum atomic E-state index is -0.495. The standard InChI is InChI=1S/C21H37N3O2/c1-9-17(4)24(20(26)21(5,6)7)15-19(25)23(13-16(2)3)14-18-11-10-12-22(18)8/h10-12,16-17H,9,13-15H2,1-8H3. The Labute approximate surface area is 159 Å². The molecule has 0 aliphatic rings. The fraction of sp³-hybridized carbons (Fsp3) is 0.714. The van der Waals surface area contributed by atoms with Crippen LogP contribution < -0.4 is 0 Å². The summed E-state index contributed by atoms with van der Waals surface area (Å²) < 4.78 is 2.04. The second-order valence-electron chi connectivity index (χ2n) is 8.72. The zero-order valence-electron chi connectivity index (χ0n) is 17.9. The van der Waals surface area contributed by atoms with Crippen molar-refractivity contribution in [2.75, 3.05) is 13.1 Å². The second-order valence-corrected chi connectivity index (χ2v) is 8.72. The maximum Gasteiger partial charge on any atom is 0.242 e. The molecule has 0 spiro atoms. The Morgan fingerprint density at radius 2 is 1.81 bits per heavy atom. The highest BCUT2D eigenvalue weighted by Gasteiger charge is 2.32. The van der Waals surface area contributed by atoms with Gasteiger partial charge in [-0.25, -0.2) is 0 Å². The lowest BCUT2D eigenvalue weighted by molar-refractivity contribution is -0.148. The first kappa shape index (κ1) is 22.3. The second kappa shape index (κ2) is 9.24. The minimum Gasteiger partial charge on any atom is -0.353 e. The Balaban J connectivity index is 3.00. The van der Waals surface area contributed by atoms with E-state index >= 15 is 0 Å². The van der Waals surface area contributed by atoms with Gasteiger partial charge in [-0.2, -0.15) is 0 Å². The quantitative estimate of drug-likeness (QED) is 0.707. The highest BCUT2D eigenvalue weighted by atomic mass is 16.2. The van der Waals surface area contributed by atoms with Crippen LogP contribution in [0.15, 0.2) is 18.3 Å². The molecule has 2 amide bonds. The van der Waals surface area contributed by atoms with Gasteiger partial charge in [-0.05, 0) is 31.4 Å². The van der Waals surface area contributed by atoms with Gasteiger partial charge in [-0.1, -0.05) is 41.5 Å². The van der Waals surface area contributed by atoms with E-state index in [2.05, 4.69) is 13.8 Å². The largest absolute Gasteiger partial charge is 0.353 e. The summed E-state index contributed by atoms with van der Waals surface area (Å²) in [6, 6.07) is 4.07. The highest BCUT2D eigenvalue weighted by molar-refractivity contribution is 5.87. The molecule has 5 heteroatoms. The molecule has 148 valence electrons. The van der Waals surface area contributed by atoms with Gasteiger partial charge in [0.1, 0.15) is 6.54 Å². The lowest BCUT2D eigenvalue weighted by Crippen LogP contribution is -2.50. The average molecular weight is 364 g/mol. The van der Waals surface area contributed by atoms with Crippen molar-refractivity contribution in [1.29, 1.82) is 0 Å². The zero-order valence-corrected chi connectivity index (χ0v) is 17.9. The summed E-state index contributed by atoms with van der Waals surface area (Å²) in [4.78, 5) is 29.6. The van der Waals surface area contributed by atoms with Gasteiger partial charge < -0.3 is 14.4 Å². The SMILES string of the molecule is CCC(C)N(CC(=O)N(Cc1cccn1C)CC(C)C)C(=O)C(C)(C)C. The Bertz CT molecular complexity index is 599. The molecule has 0 aromatic carbocycles. The first-order valence-corrected chi connectivity index (χ1v) is 9.66. The van der Waals surface area contributed by atoms with Crippen LogP contribution >= 0.6 is 0 Å². The fourth-order valence-corrected chi connectivity index (χ4v) is 2.88. The van der Waals surface area contributed by atoms with Gasteiger partial charge >= 0.3 is 0 Å². The molecule has 1 aromatic heterocycles. The van der Waals surface area contributed by atoms with Crippen LogP contribution in [0.1, 0.15) is 60.6 Å². The van der Waals surface area contributed by atoms with E-state index in [1.54, 1.807) is 4.90 Å². The molecule has 0 fully saturated rings. The van der Waals surface area contributed by atoms with Gasteiger partial charge in [0.15, 0.2) is 0 Å². The predicted octanol–water partition coefficient (Wildman–Crippen LogP) is 3.68. The molecular formula is C21H37N3O2. The molecule has 1 heterocycles. The van der Waals surface area contributed by atoms with Gasteiger partial charge in [0.2, 0.25) is 11.8 Å². The van der Waals surface area contributed by atoms with Crippen molar-refractivity contribution in [1.82, 2.24) is 14.4 Å². The monoisotopic (exact) mass is 363 g/mol. The van der Waals surface area contributed by atoms with Crippen molar-refractivity contribution >= 4 is 11.8 Å². The van der Waals surface area contributed by atoms with E-state index in [9.17, 15) is 9.59 Å². The van der Waals surface area contributed by atoms with E-state index in [1.165, 1.54) is 0 Å². The number of hydrogen-bond donors (Lipinski definition) is 0. The summed E-state index contributed by atoms with van der Waals surface area (Å²) >= 11 is 0. The molecule has 1 atom stereocenters. The summed E-state index contributed by atoms with van der Waals surface area (Å²) in [7, 11) is 1.99. The lowest BCUT2D eigenvalue weighted by atomic mass is 9.93. The molecule has 1 unspecified atom stereocenters. The van der Waals surface area contributed by atoms with Crippen LogP contribution in [0.3, 0.4) is 0 Å². The maximum absolute atomic E-state index is 13.1. The Morgan fingerprint density at radius 3 is 2.23 bits per heavy atom. The van der Waals surface area contributed by atoms with Crippen LogP contribution in [0.25, 0.3) is 0 Å². The Morgan fingerprint density at radius 1 is 1.19 bits per heavy atom. The van der Waals surface area contributed by atoms with E-state index < -0.39 is 5.41 Å². The Hall–Kier alpha value is -1.78. The van der Waals surface area contributed by atoms with Crippen LogP contribution in [-0.4, -0.2) is 45.3 Å². The zero-order chi connectivity index (χ0) is 20.1. The van der Waals surface area contributed by atoms with Gasteiger partial charge in [-0.3, -0.25) is 9.59 Å². The van der Waals surface area contributed by atoms with Gasteiger partial charge in [0, 0.05) is 36.9 Å². The smallest absolute Gasteiger partial charge is 0.242 e. The van der Waals surface area contributed by atoms with Crippen molar-refractivity contribution in [2.24, 2.45) is 18.4 Å². The molecule has 1 aromatic rings. The van der Waals surface area contributed by atoms with E-state index in [0.29, 0.717) is 19.0 Å². The van der Waals surface area contributed by atoms with E-state index in [0.717, 1.165) is 12.1 Å². The van der Waals surface area contributed by atoms with Crippen LogP contribution in [-0.2, 0) is 23.2 Å². The molecule has 0 N–H and O–H groups in total. The molecule has 0 aliphatic carbocycles. The van der Waals surface area contributed by atoms with Crippen molar-refractivity contribution in [3.05, 3.63) is 24.0 Å². The molecule has 0 saturated carbocycles. The lowest BCUT2D eigenvalue weighted by Gasteiger charge is -2.35. The first-order valence-electron chi connectivity index (χ1n) is 9.66.